The number of aromatic nitrogens is 20. The Morgan fingerprint density at radius 2 is 0.608 bits per heavy atom. The first-order valence-electron chi connectivity index (χ1n) is 43.5. The van der Waals surface area contributed by atoms with Crippen LogP contribution < -0.4 is 41.8 Å². The lowest BCUT2D eigenvalue weighted by molar-refractivity contribution is 0.189. The van der Waals surface area contributed by atoms with E-state index in [0.29, 0.717) is 80.7 Å². The molecule has 4 fully saturated rings. The molecule has 20 heterocycles. The number of aliphatic hydroxyl groups excluding tert-OH is 1. The van der Waals surface area contributed by atoms with Gasteiger partial charge in [-0.25, -0.2) is 38.0 Å². The van der Waals surface area contributed by atoms with Crippen LogP contribution in [0.4, 0.5) is 22.7 Å². The number of likely N-dealkylation sites (N-methyl/N-ethyl adjacent to an activating group) is 2. The van der Waals surface area contributed by atoms with E-state index in [9.17, 15) is 19.2 Å². The SMILES string of the molecule is CCc1nc(C)cn2nc(-c3cc(=O)n4cc(N5CCC(N(C)C)CC5)ccc4n3)cc12.CCc1nc(C)cn2nc(-c3cc(=O)n4cc(N5CCN(C)CC5)ccc4n3)cc12.CCc1nc(C)cn2nc(-c3cc(=O)n4cc(N5CCN(CC)CC5)ccc4n3)cc12.CCc1nc(C)cn2nc(-c3cc(=O)n4cc(N5CCN(CCO)CC5)ccc4n3)cc12. The van der Waals surface area contributed by atoms with Crippen LogP contribution in [0.25, 0.3) is 90.2 Å². The molecule has 4 saturated heterocycles. The lowest BCUT2D eigenvalue weighted by atomic mass is 10.0. The van der Waals surface area contributed by atoms with Crippen molar-refractivity contribution in [2.75, 3.05) is 152 Å². The average Bonchev–Trinajstić information content (AvgIpc) is 1.74. The van der Waals surface area contributed by atoms with Gasteiger partial charge in [0.1, 0.15) is 45.4 Å². The normalized spacial score (nSPS) is 15.3. The van der Waals surface area contributed by atoms with Crippen molar-refractivity contribution in [2.45, 2.75) is 107 Å². The zero-order valence-electron chi connectivity index (χ0n) is 73.3. The summed E-state index contributed by atoms with van der Waals surface area (Å²) < 4.78 is 13.8. The molecule has 0 saturated carbocycles. The van der Waals surface area contributed by atoms with E-state index < -0.39 is 0 Å². The summed E-state index contributed by atoms with van der Waals surface area (Å²) in [7, 11) is 6.42. The first kappa shape index (κ1) is 84.1. The quantitative estimate of drug-likeness (QED) is 0.0945. The molecule has 0 aliphatic carbocycles. The van der Waals surface area contributed by atoms with Crippen LogP contribution in [0, 0.1) is 27.7 Å². The number of β-amino-alcohol motifs (C(OH)–C–C–N with tert-alkyl or cyclic N) is 1. The molecule has 125 heavy (non-hydrogen) atoms. The monoisotopic (exact) mass is 1680 g/mol. The minimum absolute atomic E-state index is 0.0999. The highest BCUT2D eigenvalue weighted by Crippen LogP contribution is 2.30. The maximum atomic E-state index is 13.0. The summed E-state index contributed by atoms with van der Waals surface area (Å²) in [6, 6.07) is 30.5. The summed E-state index contributed by atoms with van der Waals surface area (Å²) in [5.41, 5.74) is 22.6. The Labute approximate surface area is 722 Å². The molecule has 646 valence electrons. The molecule has 0 atom stereocenters. The average molecular weight is 1690 g/mol. The van der Waals surface area contributed by atoms with Gasteiger partial charge in [-0.15, -0.1) is 0 Å². The fourth-order valence-corrected chi connectivity index (χ4v) is 17.3. The van der Waals surface area contributed by atoms with Gasteiger partial charge in [0.15, 0.2) is 0 Å². The van der Waals surface area contributed by atoms with Crippen LogP contribution in [-0.4, -0.2) is 259 Å². The number of rotatable bonds is 16. The van der Waals surface area contributed by atoms with E-state index in [1.54, 1.807) is 41.9 Å². The second-order valence-corrected chi connectivity index (χ2v) is 33.0. The van der Waals surface area contributed by atoms with Crippen molar-refractivity contribution >= 4 is 67.4 Å². The number of pyridine rings is 4. The van der Waals surface area contributed by atoms with Crippen molar-refractivity contribution in [3.8, 4) is 45.6 Å². The fraction of sp³-hybridized carbons (Fsp3) is 0.391. The van der Waals surface area contributed by atoms with Gasteiger partial charge in [-0.3, -0.25) is 61.6 Å². The molecular formula is C92H108N28O5. The third-order valence-electron chi connectivity index (χ3n) is 24.3. The lowest BCUT2D eigenvalue weighted by Gasteiger charge is -2.36. The number of hydrogen-bond donors (Lipinski definition) is 1. The molecule has 16 aromatic rings. The van der Waals surface area contributed by atoms with E-state index in [-0.39, 0.29) is 28.8 Å². The number of aliphatic hydroxyl groups is 1. The molecule has 0 unspecified atom stereocenters. The highest BCUT2D eigenvalue weighted by molar-refractivity contribution is 5.71. The number of piperidine rings is 1. The van der Waals surface area contributed by atoms with Crippen LogP contribution in [0.1, 0.15) is 93.0 Å². The van der Waals surface area contributed by atoms with Crippen LogP contribution in [0.5, 0.6) is 0 Å². The zero-order valence-corrected chi connectivity index (χ0v) is 73.3. The smallest absolute Gasteiger partial charge is 0.258 e. The molecule has 33 nitrogen and oxygen atoms in total. The Kier molecular flexibility index (Phi) is 24.2. The van der Waals surface area contributed by atoms with Crippen LogP contribution in [-0.2, 0) is 25.7 Å². The molecule has 1 N–H and O–H groups in total. The Morgan fingerprint density at radius 3 is 0.872 bits per heavy atom. The molecule has 16 aromatic heterocycles. The first-order valence-corrected chi connectivity index (χ1v) is 43.5. The maximum absolute atomic E-state index is 13.0. The Bertz CT molecular complexity index is 6950. The van der Waals surface area contributed by atoms with Crippen molar-refractivity contribution < 1.29 is 5.11 Å². The standard InChI is InChI=1S/C24H29N7O.C23H27N7O2.C23H27N7O.C22H25N7O/c1-5-19-22-12-21(27-31(22)14-16(2)25-19)20-13-24(32)30-15-18(6-7-23(30)26-20)29-10-8-17(9-11-29)28(3)4;1-3-18-21-12-20(26-30(21)14-16(2)24-18)19-13-23(32)29-15-17(4-5-22(29)25-19)28-8-6-27(7-9-28)10-11-31;1-4-18-21-12-20(26-30(21)14-16(3)24-18)19-13-23(31)29-15-17(6-7-22(29)25-19)28-10-8-27(5-2)9-11-28;1-4-17-20-11-19(25-29(20)13-15(2)23-17)18-12-22(30)28-14-16(5-6-21(28)24-18)27-9-7-26(3)8-10-27/h6-7,12-15,17H,5,8-11H2,1-4H3;4-5,12-15,31H,3,6-11H2,1-2H3;6-7,12-15H,4-5,8-11H2,1-3H3;5-6,11-14H,4,7-10H2,1-3H3. The lowest BCUT2D eigenvalue weighted by Crippen LogP contribution is -2.47. The van der Waals surface area contributed by atoms with Crippen LogP contribution >= 0.6 is 0 Å². The molecular weight excluding hydrogens is 1580 g/mol. The van der Waals surface area contributed by atoms with Gasteiger partial charge in [-0.2, -0.15) is 20.4 Å². The predicted molar refractivity (Wildman–Crippen MR) is 489 cm³/mol. The number of fused-ring (bicyclic) bond motifs is 8. The maximum Gasteiger partial charge on any atom is 0.258 e. The van der Waals surface area contributed by atoms with Crippen molar-refractivity contribution in [3.05, 3.63) is 234 Å². The van der Waals surface area contributed by atoms with E-state index in [4.69, 9.17) is 25.0 Å². The summed E-state index contributed by atoms with van der Waals surface area (Å²) in [6.45, 7) is 33.7. The molecule has 0 amide bonds. The highest BCUT2D eigenvalue weighted by atomic mass is 16.3. The van der Waals surface area contributed by atoms with Crippen molar-refractivity contribution in [2.24, 2.45) is 0 Å². The number of piperazine rings is 3. The molecule has 0 radical (unpaired) electrons. The van der Waals surface area contributed by atoms with E-state index in [1.807, 2.05) is 156 Å². The van der Waals surface area contributed by atoms with Gasteiger partial charge >= 0.3 is 0 Å². The van der Waals surface area contributed by atoms with Gasteiger partial charge in [-0.1, -0.05) is 34.6 Å². The topological polar surface area (TPSA) is 304 Å². The van der Waals surface area contributed by atoms with E-state index in [1.165, 1.54) is 0 Å². The van der Waals surface area contributed by atoms with Gasteiger partial charge in [0.2, 0.25) is 0 Å². The molecule has 20 rings (SSSR count). The Balaban J connectivity index is 0.000000118. The fourth-order valence-electron chi connectivity index (χ4n) is 17.3. The van der Waals surface area contributed by atoms with Crippen LogP contribution in [0.3, 0.4) is 0 Å². The van der Waals surface area contributed by atoms with Crippen molar-refractivity contribution in [1.29, 1.82) is 0 Å². The molecule has 4 aliphatic heterocycles. The predicted octanol–water partition coefficient (Wildman–Crippen LogP) is 8.64. The molecule has 4 aliphatic rings. The Hall–Kier alpha value is -13.1. The summed E-state index contributed by atoms with van der Waals surface area (Å²) in [5, 5.41) is 27.8. The van der Waals surface area contributed by atoms with Gasteiger partial charge < -0.3 is 39.4 Å². The number of hydrogen-bond acceptors (Lipinski definition) is 25. The van der Waals surface area contributed by atoms with Gasteiger partial charge in [0.05, 0.1) is 145 Å². The van der Waals surface area contributed by atoms with Crippen LogP contribution in [0.2, 0.25) is 0 Å². The second-order valence-electron chi connectivity index (χ2n) is 33.0. The van der Waals surface area contributed by atoms with E-state index in [2.05, 4.69) is 147 Å². The Morgan fingerprint density at radius 1 is 0.336 bits per heavy atom. The van der Waals surface area contributed by atoms with E-state index in [0.717, 1.165) is 227 Å². The molecule has 0 bridgehead atoms. The van der Waals surface area contributed by atoms with Gasteiger partial charge in [-0.05, 0) is 167 Å². The van der Waals surface area contributed by atoms with E-state index >= 15 is 0 Å². The zero-order chi connectivity index (χ0) is 87.0. The number of nitrogens with zero attached hydrogens (tertiary/aromatic N) is 28. The van der Waals surface area contributed by atoms with Crippen LogP contribution in [0.15, 0.2) is 166 Å². The first-order chi connectivity index (χ1) is 60.5. The number of anilines is 4. The van der Waals surface area contributed by atoms with Crippen molar-refractivity contribution in [3.63, 3.8) is 0 Å². The summed E-state index contributed by atoms with van der Waals surface area (Å²) >= 11 is 0. The summed E-state index contributed by atoms with van der Waals surface area (Å²) in [4.78, 5) is 108. The largest absolute Gasteiger partial charge is 0.395 e. The molecule has 33 heteroatoms. The minimum atomic E-state index is -0.132. The van der Waals surface area contributed by atoms with Gasteiger partial charge in [0, 0.05) is 153 Å². The minimum Gasteiger partial charge on any atom is -0.395 e. The summed E-state index contributed by atoms with van der Waals surface area (Å²) in [5.74, 6) is 0. The second kappa shape index (κ2) is 36.0. The number of aryl methyl sites for hydroxylation is 8. The third kappa shape index (κ3) is 17.8. The third-order valence-corrected chi connectivity index (χ3v) is 24.3. The molecule has 0 aromatic carbocycles. The summed E-state index contributed by atoms with van der Waals surface area (Å²) in [6.07, 6.45) is 20.7. The van der Waals surface area contributed by atoms with Gasteiger partial charge in [0.25, 0.3) is 22.2 Å². The van der Waals surface area contributed by atoms with Crippen molar-refractivity contribution in [1.82, 2.24) is 116 Å². The molecule has 0 spiro atoms. The highest BCUT2D eigenvalue weighted by Gasteiger charge is 2.26.